The summed E-state index contributed by atoms with van der Waals surface area (Å²) in [6.45, 7) is 2.11. The van der Waals surface area contributed by atoms with Crippen LogP contribution >= 0.6 is 0 Å². The van der Waals surface area contributed by atoms with Gasteiger partial charge in [-0.25, -0.2) is 4.79 Å². The number of benzene rings is 1. The quantitative estimate of drug-likeness (QED) is 0.817. The molecule has 17 heavy (non-hydrogen) atoms. The van der Waals surface area contributed by atoms with E-state index in [0.717, 1.165) is 30.4 Å². The number of unbranched alkanes of at least 4 members (excludes halogenated alkanes) is 1. The Kier molecular flexibility index (Phi) is 5.22. The minimum absolute atomic E-state index is 0.342. The summed E-state index contributed by atoms with van der Waals surface area (Å²) in [5.74, 6) is -0.906. The molecule has 3 heteroatoms. The standard InChI is InChI=1S/C14H17NO2/c1-2-3-5-11-7-8-12(6-4-9-15)13(10-11)14(16)17/h7-8,10H,2-6H2,1H3,(H,16,17). The van der Waals surface area contributed by atoms with Crippen LogP contribution in [0.25, 0.3) is 0 Å². The number of rotatable bonds is 6. The van der Waals surface area contributed by atoms with Crippen molar-refractivity contribution in [2.24, 2.45) is 0 Å². The molecule has 0 saturated heterocycles. The highest BCUT2D eigenvalue weighted by molar-refractivity contribution is 5.89. The van der Waals surface area contributed by atoms with Gasteiger partial charge in [-0.15, -0.1) is 0 Å². The van der Waals surface area contributed by atoms with Gasteiger partial charge in [-0.3, -0.25) is 0 Å². The van der Waals surface area contributed by atoms with E-state index in [4.69, 9.17) is 10.4 Å². The SMILES string of the molecule is CCCCc1ccc(CCC#N)c(C(=O)O)c1. The summed E-state index contributed by atoms with van der Waals surface area (Å²) in [5.41, 5.74) is 2.15. The topological polar surface area (TPSA) is 61.1 Å². The maximum absolute atomic E-state index is 11.1. The fraction of sp³-hybridized carbons (Fsp3) is 0.429. The summed E-state index contributed by atoms with van der Waals surface area (Å²) in [6, 6.07) is 7.59. The predicted molar refractivity (Wildman–Crippen MR) is 65.9 cm³/mol. The van der Waals surface area contributed by atoms with Crippen molar-refractivity contribution in [2.75, 3.05) is 0 Å². The number of hydrogen-bond donors (Lipinski definition) is 1. The lowest BCUT2D eigenvalue weighted by molar-refractivity contribution is 0.0695. The van der Waals surface area contributed by atoms with E-state index in [-0.39, 0.29) is 0 Å². The summed E-state index contributed by atoms with van der Waals surface area (Å²) in [4.78, 5) is 11.1. The van der Waals surface area contributed by atoms with Crippen molar-refractivity contribution in [3.63, 3.8) is 0 Å². The van der Waals surface area contributed by atoms with Gasteiger partial charge < -0.3 is 5.11 Å². The van der Waals surface area contributed by atoms with E-state index in [1.54, 1.807) is 6.07 Å². The molecule has 0 unspecified atom stereocenters. The van der Waals surface area contributed by atoms with Gasteiger partial charge in [-0.1, -0.05) is 25.5 Å². The Hall–Kier alpha value is -1.82. The molecular formula is C14H17NO2. The van der Waals surface area contributed by atoms with Crippen LogP contribution in [0.3, 0.4) is 0 Å². The highest BCUT2D eigenvalue weighted by Gasteiger charge is 2.10. The zero-order valence-corrected chi connectivity index (χ0v) is 10.1. The third-order valence-electron chi connectivity index (χ3n) is 2.73. The van der Waals surface area contributed by atoms with E-state index >= 15 is 0 Å². The summed E-state index contributed by atoms with van der Waals surface area (Å²) in [6.07, 6.45) is 3.94. The summed E-state index contributed by atoms with van der Waals surface area (Å²) >= 11 is 0. The largest absolute Gasteiger partial charge is 0.478 e. The zero-order chi connectivity index (χ0) is 12.7. The van der Waals surface area contributed by atoms with Crippen molar-refractivity contribution in [1.29, 1.82) is 5.26 Å². The number of hydrogen-bond acceptors (Lipinski definition) is 2. The molecule has 1 aromatic rings. The van der Waals surface area contributed by atoms with Gasteiger partial charge in [-0.05, 0) is 36.5 Å². The Labute approximate surface area is 102 Å². The van der Waals surface area contributed by atoms with Gasteiger partial charge in [0.1, 0.15) is 0 Å². The highest BCUT2D eigenvalue weighted by atomic mass is 16.4. The zero-order valence-electron chi connectivity index (χ0n) is 10.1. The lowest BCUT2D eigenvalue weighted by atomic mass is 9.98. The van der Waals surface area contributed by atoms with Gasteiger partial charge >= 0.3 is 5.97 Å². The molecule has 0 aromatic heterocycles. The Balaban J connectivity index is 2.92. The minimum Gasteiger partial charge on any atom is -0.478 e. The van der Waals surface area contributed by atoms with Gasteiger partial charge in [0.15, 0.2) is 0 Å². The predicted octanol–water partition coefficient (Wildman–Crippen LogP) is 3.18. The second-order valence-electron chi connectivity index (χ2n) is 4.06. The lowest BCUT2D eigenvalue weighted by Gasteiger charge is -2.07. The summed E-state index contributed by atoms with van der Waals surface area (Å²) in [5, 5.41) is 17.7. The molecule has 0 amide bonds. The van der Waals surface area contributed by atoms with Crippen LogP contribution in [0.1, 0.15) is 47.7 Å². The number of aromatic carboxylic acids is 1. The molecule has 0 fully saturated rings. The molecule has 0 saturated carbocycles. The first-order valence-corrected chi connectivity index (χ1v) is 5.91. The molecule has 0 spiro atoms. The van der Waals surface area contributed by atoms with Crippen LogP contribution in [-0.4, -0.2) is 11.1 Å². The van der Waals surface area contributed by atoms with E-state index < -0.39 is 5.97 Å². The van der Waals surface area contributed by atoms with Gasteiger partial charge in [0.25, 0.3) is 0 Å². The van der Waals surface area contributed by atoms with E-state index in [1.807, 2.05) is 18.2 Å². The molecule has 0 bridgehead atoms. The number of carboxylic acids is 1. The molecule has 1 rings (SSSR count). The van der Waals surface area contributed by atoms with E-state index in [1.165, 1.54) is 0 Å². The molecular weight excluding hydrogens is 214 g/mol. The third kappa shape index (κ3) is 3.92. The van der Waals surface area contributed by atoms with Crippen LogP contribution in [0.15, 0.2) is 18.2 Å². The maximum Gasteiger partial charge on any atom is 0.335 e. The number of nitriles is 1. The first-order chi connectivity index (χ1) is 8.19. The molecule has 0 aliphatic rings. The van der Waals surface area contributed by atoms with Crippen LogP contribution < -0.4 is 0 Å². The van der Waals surface area contributed by atoms with Crippen molar-refractivity contribution in [3.8, 4) is 6.07 Å². The number of nitrogens with zero attached hydrogens (tertiary/aromatic N) is 1. The smallest absolute Gasteiger partial charge is 0.335 e. The molecule has 90 valence electrons. The Morgan fingerprint density at radius 2 is 2.18 bits per heavy atom. The van der Waals surface area contributed by atoms with Crippen LogP contribution in [0.2, 0.25) is 0 Å². The molecule has 0 atom stereocenters. The van der Waals surface area contributed by atoms with Crippen molar-refractivity contribution in [1.82, 2.24) is 0 Å². The minimum atomic E-state index is -0.906. The normalized spacial score (nSPS) is 9.88. The summed E-state index contributed by atoms with van der Waals surface area (Å²) in [7, 11) is 0. The van der Waals surface area contributed by atoms with Gasteiger partial charge in [0.05, 0.1) is 11.6 Å². The van der Waals surface area contributed by atoms with Crippen molar-refractivity contribution < 1.29 is 9.90 Å². The molecule has 0 radical (unpaired) electrons. The van der Waals surface area contributed by atoms with Gasteiger partial charge in [-0.2, -0.15) is 5.26 Å². The van der Waals surface area contributed by atoms with E-state index in [9.17, 15) is 4.79 Å². The lowest BCUT2D eigenvalue weighted by Crippen LogP contribution is -2.04. The third-order valence-corrected chi connectivity index (χ3v) is 2.73. The van der Waals surface area contributed by atoms with Crippen LogP contribution in [0.4, 0.5) is 0 Å². The van der Waals surface area contributed by atoms with Crippen molar-refractivity contribution in [2.45, 2.75) is 39.0 Å². The van der Waals surface area contributed by atoms with Crippen molar-refractivity contribution in [3.05, 3.63) is 34.9 Å². The van der Waals surface area contributed by atoms with Gasteiger partial charge in [0.2, 0.25) is 0 Å². The van der Waals surface area contributed by atoms with E-state index in [2.05, 4.69) is 6.92 Å². The van der Waals surface area contributed by atoms with E-state index in [0.29, 0.717) is 18.4 Å². The van der Waals surface area contributed by atoms with Crippen molar-refractivity contribution >= 4 is 5.97 Å². The summed E-state index contributed by atoms with van der Waals surface area (Å²) < 4.78 is 0. The monoisotopic (exact) mass is 231 g/mol. The molecule has 3 nitrogen and oxygen atoms in total. The molecule has 1 aromatic carbocycles. The second kappa shape index (κ2) is 6.70. The van der Waals surface area contributed by atoms with Gasteiger partial charge in [0, 0.05) is 6.42 Å². The number of carboxylic acid groups (broad SMARTS) is 1. The molecule has 1 N–H and O–H groups in total. The highest BCUT2D eigenvalue weighted by Crippen LogP contribution is 2.16. The Morgan fingerprint density at radius 1 is 1.41 bits per heavy atom. The van der Waals surface area contributed by atoms with Crippen LogP contribution in [-0.2, 0) is 12.8 Å². The fourth-order valence-electron chi connectivity index (χ4n) is 1.77. The average molecular weight is 231 g/mol. The van der Waals surface area contributed by atoms with Crippen LogP contribution in [0.5, 0.6) is 0 Å². The first kappa shape index (κ1) is 13.2. The molecule has 0 aliphatic carbocycles. The number of aryl methyl sites for hydroxylation is 2. The molecule has 0 heterocycles. The maximum atomic E-state index is 11.1. The Morgan fingerprint density at radius 3 is 2.76 bits per heavy atom. The molecule has 0 aliphatic heterocycles. The second-order valence-corrected chi connectivity index (χ2v) is 4.06. The fourth-order valence-corrected chi connectivity index (χ4v) is 1.77. The number of carbonyl (C=O) groups is 1. The van der Waals surface area contributed by atoms with Crippen LogP contribution in [0, 0.1) is 11.3 Å². The first-order valence-electron chi connectivity index (χ1n) is 5.91. The Bertz CT molecular complexity index is 432. The average Bonchev–Trinajstić information content (AvgIpc) is 2.34.